The molecule has 4 heterocycles. The Labute approximate surface area is 202 Å². The summed E-state index contributed by atoms with van der Waals surface area (Å²) in [7, 11) is 5.72. The lowest BCUT2D eigenvalue weighted by atomic mass is 10.1. The number of anilines is 1. The minimum absolute atomic E-state index is 0.149. The lowest BCUT2D eigenvalue weighted by Gasteiger charge is -2.18. The SMILES string of the molecule is CC(C)c1nn(-c2ccc(C(N)=O)cc2N(C)C)c2nccc(-n3cnc(-c4cnn(C)c4)c3)c12. The van der Waals surface area contributed by atoms with Crippen LogP contribution in [0.25, 0.3) is 33.7 Å². The molecule has 0 atom stereocenters. The molecule has 0 bridgehead atoms. The Hall–Kier alpha value is -4.47. The van der Waals surface area contributed by atoms with E-state index < -0.39 is 5.91 Å². The molecule has 0 saturated carbocycles. The fourth-order valence-electron chi connectivity index (χ4n) is 4.21. The highest BCUT2D eigenvalue weighted by molar-refractivity contribution is 5.95. The van der Waals surface area contributed by atoms with Crippen LogP contribution in [-0.2, 0) is 7.05 Å². The number of carbonyl (C=O) groups is 1. The Balaban J connectivity index is 1.72. The number of benzene rings is 1. The zero-order chi connectivity index (χ0) is 24.9. The normalized spacial score (nSPS) is 11.5. The van der Waals surface area contributed by atoms with Crippen LogP contribution < -0.4 is 10.6 Å². The Morgan fingerprint density at radius 1 is 1.09 bits per heavy atom. The second-order valence-corrected chi connectivity index (χ2v) is 9.01. The van der Waals surface area contributed by atoms with Gasteiger partial charge in [0.15, 0.2) is 5.65 Å². The number of hydrogen-bond acceptors (Lipinski definition) is 6. The van der Waals surface area contributed by atoms with Gasteiger partial charge in [0.1, 0.15) is 0 Å². The van der Waals surface area contributed by atoms with E-state index in [9.17, 15) is 4.79 Å². The van der Waals surface area contributed by atoms with Gasteiger partial charge in [-0.05, 0) is 30.2 Å². The van der Waals surface area contributed by atoms with Crippen LogP contribution in [0.5, 0.6) is 0 Å². The van der Waals surface area contributed by atoms with E-state index in [-0.39, 0.29) is 5.92 Å². The number of fused-ring (bicyclic) bond motifs is 1. The van der Waals surface area contributed by atoms with Crippen molar-refractivity contribution in [3.8, 4) is 22.6 Å². The molecule has 0 spiro atoms. The third-order valence-corrected chi connectivity index (χ3v) is 5.95. The van der Waals surface area contributed by atoms with Gasteiger partial charge in [-0.2, -0.15) is 10.2 Å². The average Bonchev–Trinajstić information content (AvgIpc) is 3.56. The predicted octanol–water partition coefficient (Wildman–Crippen LogP) is 3.30. The van der Waals surface area contributed by atoms with E-state index in [0.717, 1.165) is 45.0 Å². The van der Waals surface area contributed by atoms with Crippen LogP contribution in [0.15, 0.2) is 55.4 Å². The monoisotopic (exact) mass is 469 g/mol. The Morgan fingerprint density at radius 2 is 1.89 bits per heavy atom. The number of nitrogens with zero attached hydrogens (tertiary/aromatic N) is 8. The van der Waals surface area contributed by atoms with E-state index in [1.54, 1.807) is 35.5 Å². The summed E-state index contributed by atoms with van der Waals surface area (Å²) < 4.78 is 5.59. The number of aromatic nitrogens is 7. The molecule has 5 aromatic rings. The van der Waals surface area contributed by atoms with Crippen LogP contribution in [0.1, 0.15) is 35.8 Å². The predicted molar refractivity (Wildman–Crippen MR) is 135 cm³/mol. The Bertz CT molecular complexity index is 1550. The van der Waals surface area contributed by atoms with Gasteiger partial charge in [0.05, 0.1) is 46.4 Å². The van der Waals surface area contributed by atoms with Crippen LogP contribution in [-0.4, -0.2) is 54.1 Å². The number of hydrogen-bond donors (Lipinski definition) is 1. The van der Waals surface area contributed by atoms with Crippen LogP contribution in [0.4, 0.5) is 5.69 Å². The number of carbonyl (C=O) groups excluding carboxylic acids is 1. The summed E-state index contributed by atoms with van der Waals surface area (Å²) in [6, 6.07) is 7.32. The molecular weight excluding hydrogens is 442 g/mol. The molecule has 0 saturated heterocycles. The minimum Gasteiger partial charge on any atom is -0.376 e. The second-order valence-electron chi connectivity index (χ2n) is 9.01. The minimum atomic E-state index is -0.474. The van der Waals surface area contributed by atoms with Crippen molar-refractivity contribution < 1.29 is 4.79 Å². The molecule has 0 fully saturated rings. The molecular formula is C25H27N9O. The molecule has 178 valence electrons. The van der Waals surface area contributed by atoms with Crippen molar-refractivity contribution in [3.63, 3.8) is 0 Å². The summed E-state index contributed by atoms with van der Waals surface area (Å²) in [5, 5.41) is 10.2. The van der Waals surface area contributed by atoms with Gasteiger partial charge >= 0.3 is 0 Å². The van der Waals surface area contributed by atoms with Gasteiger partial charge in [0.2, 0.25) is 5.91 Å². The maximum absolute atomic E-state index is 11.8. The smallest absolute Gasteiger partial charge is 0.248 e. The highest BCUT2D eigenvalue weighted by Crippen LogP contribution is 2.34. The highest BCUT2D eigenvalue weighted by Gasteiger charge is 2.22. The molecule has 0 aliphatic heterocycles. The van der Waals surface area contributed by atoms with Crippen LogP contribution >= 0.6 is 0 Å². The van der Waals surface area contributed by atoms with Gasteiger partial charge in [-0.1, -0.05) is 13.8 Å². The molecule has 35 heavy (non-hydrogen) atoms. The van der Waals surface area contributed by atoms with Gasteiger partial charge in [-0.3, -0.25) is 9.48 Å². The van der Waals surface area contributed by atoms with Crippen molar-refractivity contribution in [3.05, 3.63) is 66.6 Å². The fraction of sp³-hybridized carbons (Fsp3) is 0.240. The first-order valence-corrected chi connectivity index (χ1v) is 11.3. The number of rotatable bonds is 6. The largest absolute Gasteiger partial charge is 0.376 e. The standard InChI is InChI=1S/C25H27N9O/c1-15(2)23-22-20(33-13-18(28-14-33)17-11-29-32(5)12-17)8-9-27-25(22)34(30-23)19-7-6-16(24(26)35)10-21(19)31(3)4/h6-15H,1-5H3,(H2,26,35). The third-order valence-electron chi connectivity index (χ3n) is 5.95. The van der Waals surface area contributed by atoms with Crippen molar-refractivity contribution in [2.75, 3.05) is 19.0 Å². The number of pyridine rings is 1. The summed E-state index contributed by atoms with van der Waals surface area (Å²) in [6.07, 6.45) is 9.29. The number of imidazole rings is 1. The maximum atomic E-state index is 11.8. The molecule has 0 unspecified atom stereocenters. The molecule has 1 amide bonds. The van der Waals surface area contributed by atoms with E-state index in [1.807, 2.05) is 59.8 Å². The molecule has 10 heteroatoms. The van der Waals surface area contributed by atoms with Crippen molar-refractivity contribution >= 4 is 22.6 Å². The number of amides is 1. The number of nitrogens with two attached hydrogens (primary N) is 1. The number of primary amides is 1. The van der Waals surface area contributed by atoms with Gasteiger partial charge in [0, 0.05) is 50.9 Å². The quantitative estimate of drug-likeness (QED) is 0.408. The highest BCUT2D eigenvalue weighted by atomic mass is 16.1. The maximum Gasteiger partial charge on any atom is 0.248 e. The van der Waals surface area contributed by atoms with Gasteiger partial charge in [-0.15, -0.1) is 0 Å². The number of aryl methyl sites for hydroxylation is 1. The van der Waals surface area contributed by atoms with Gasteiger partial charge in [0.25, 0.3) is 0 Å². The van der Waals surface area contributed by atoms with E-state index in [0.29, 0.717) is 5.56 Å². The first-order chi connectivity index (χ1) is 16.7. The average molecular weight is 470 g/mol. The molecule has 0 radical (unpaired) electrons. The molecule has 2 N–H and O–H groups in total. The summed E-state index contributed by atoms with van der Waals surface area (Å²) >= 11 is 0. The van der Waals surface area contributed by atoms with E-state index in [1.165, 1.54) is 0 Å². The molecule has 1 aromatic carbocycles. The van der Waals surface area contributed by atoms with Crippen LogP contribution in [0.2, 0.25) is 0 Å². The summed E-state index contributed by atoms with van der Waals surface area (Å²) in [6.45, 7) is 4.22. The lowest BCUT2D eigenvalue weighted by Crippen LogP contribution is -2.16. The Morgan fingerprint density at radius 3 is 2.54 bits per heavy atom. The second kappa shape index (κ2) is 8.39. The first kappa shape index (κ1) is 22.3. The lowest BCUT2D eigenvalue weighted by molar-refractivity contribution is 0.100. The fourth-order valence-corrected chi connectivity index (χ4v) is 4.21. The van der Waals surface area contributed by atoms with Crippen molar-refractivity contribution in [2.24, 2.45) is 12.8 Å². The van der Waals surface area contributed by atoms with Gasteiger partial charge in [-0.25, -0.2) is 14.6 Å². The zero-order valence-electron chi connectivity index (χ0n) is 20.3. The molecule has 0 aliphatic rings. The van der Waals surface area contributed by atoms with E-state index in [2.05, 4.69) is 23.9 Å². The summed E-state index contributed by atoms with van der Waals surface area (Å²) in [5.41, 5.74) is 11.9. The summed E-state index contributed by atoms with van der Waals surface area (Å²) in [4.78, 5) is 23.0. The molecule has 5 rings (SSSR count). The van der Waals surface area contributed by atoms with Crippen molar-refractivity contribution in [2.45, 2.75) is 19.8 Å². The summed E-state index contributed by atoms with van der Waals surface area (Å²) in [5.74, 6) is -0.325. The van der Waals surface area contributed by atoms with Crippen LogP contribution in [0.3, 0.4) is 0 Å². The molecule has 0 aliphatic carbocycles. The van der Waals surface area contributed by atoms with Crippen molar-refractivity contribution in [1.29, 1.82) is 0 Å². The first-order valence-electron chi connectivity index (χ1n) is 11.3. The Kier molecular flexibility index (Phi) is 5.35. The van der Waals surface area contributed by atoms with Gasteiger partial charge < -0.3 is 15.2 Å². The molecule has 4 aromatic heterocycles. The van der Waals surface area contributed by atoms with E-state index in [4.69, 9.17) is 15.8 Å². The zero-order valence-corrected chi connectivity index (χ0v) is 20.3. The van der Waals surface area contributed by atoms with E-state index >= 15 is 0 Å². The topological polar surface area (TPSA) is 113 Å². The van der Waals surface area contributed by atoms with Crippen molar-refractivity contribution in [1.82, 2.24) is 34.1 Å². The third kappa shape index (κ3) is 3.82. The molecule has 10 nitrogen and oxygen atoms in total. The van der Waals surface area contributed by atoms with Crippen LogP contribution in [0, 0.1) is 0 Å².